The zero-order valence-corrected chi connectivity index (χ0v) is 17.4. The molecule has 7 rings (SSSR count). The molecule has 2 aliphatic heterocycles. The molecule has 5 aliphatic rings. The van der Waals surface area contributed by atoms with Crippen LogP contribution in [0.4, 0.5) is 0 Å². The molecule has 0 amide bonds. The minimum atomic E-state index is -0.343. The van der Waals surface area contributed by atoms with Crippen molar-refractivity contribution in [2.45, 2.75) is 56.1 Å². The summed E-state index contributed by atoms with van der Waals surface area (Å²) >= 11 is 0. The van der Waals surface area contributed by atoms with Crippen molar-refractivity contribution < 1.29 is 18.7 Å². The van der Waals surface area contributed by atoms with E-state index in [0.29, 0.717) is 18.4 Å². The van der Waals surface area contributed by atoms with Gasteiger partial charge in [-0.3, -0.25) is 9.69 Å². The van der Waals surface area contributed by atoms with Gasteiger partial charge in [0.05, 0.1) is 19.6 Å². The molecule has 156 valence electrons. The predicted octanol–water partition coefficient (Wildman–Crippen LogP) is 3.97. The number of furan rings is 1. The highest BCUT2D eigenvalue weighted by Crippen LogP contribution is 2.64. The van der Waals surface area contributed by atoms with E-state index in [9.17, 15) is 4.79 Å². The van der Waals surface area contributed by atoms with Crippen molar-refractivity contribution in [2.24, 2.45) is 11.8 Å². The number of rotatable bonds is 4. The molecular weight excluding hydrogens is 378 g/mol. The van der Waals surface area contributed by atoms with Crippen LogP contribution >= 0.6 is 0 Å². The Kier molecular flexibility index (Phi) is 3.43. The number of likely N-dealkylation sites (tertiary alicyclic amines) is 1. The van der Waals surface area contributed by atoms with E-state index in [4.69, 9.17) is 13.9 Å². The quantitative estimate of drug-likeness (QED) is 0.770. The second-order valence-corrected chi connectivity index (χ2v) is 9.93. The Balaban J connectivity index is 1.48. The van der Waals surface area contributed by atoms with E-state index in [0.717, 1.165) is 48.8 Å². The van der Waals surface area contributed by atoms with Gasteiger partial charge in [0.2, 0.25) is 0 Å². The summed E-state index contributed by atoms with van der Waals surface area (Å²) in [7, 11) is 1.70. The molecule has 5 nitrogen and oxygen atoms in total. The molecule has 2 unspecified atom stereocenters. The van der Waals surface area contributed by atoms with Gasteiger partial charge in [0.15, 0.2) is 23.4 Å². The van der Waals surface area contributed by atoms with Gasteiger partial charge in [-0.2, -0.15) is 0 Å². The maximum Gasteiger partial charge on any atom is 0.174 e. The van der Waals surface area contributed by atoms with E-state index >= 15 is 0 Å². The zero-order chi connectivity index (χ0) is 20.0. The monoisotopic (exact) mass is 405 g/mol. The molecule has 5 heteroatoms. The molecule has 3 fully saturated rings. The number of Topliss-reactive ketones (excluding diaryl/α,β-unsaturated/α-hetero) is 1. The maximum atomic E-state index is 13.1. The first-order valence-electron chi connectivity index (χ1n) is 11.4. The highest BCUT2D eigenvalue weighted by atomic mass is 16.5. The van der Waals surface area contributed by atoms with E-state index in [2.05, 4.69) is 11.0 Å². The van der Waals surface area contributed by atoms with Gasteiger partial charge in [-0.1, -0.05) is 0 Å². The van der Waals surface area contributed by atoms with Gasteiger partial charge in [-0.05, 0) is 73.7 Å². The minimum absolute atomic E-state index is 0.185. The molecule has 2 aromatic rings. The highest BCUT2D eigenvalue weighted by Gasteiger charge is 2.66. The number of hydrogen-bond acceptors (Lipinski definition) is 5. The summed E-state index contributed by atoms with van der Waals surface area (Å²) in [6.45, 7) is 2.29. The molecule has 30 heavy (non-hydrogen) atoms. The molecule has 1 aromatic heterocycles. The number of carbonyl (C=O) groups excluding carboxylic acids is 1. The number of hydrogen-bond donors (Lipinski definition) is 0. The summed E-state index contributed by atoms with van der Waals surface area (Å²) in [6.07, 6.45) is 9.62. The Morgan fingerprint density at radius 2 is 2.20 bits per heavy atom. The molecule has 1 saturated heterocycles. The Bertz CT molecular complexity index is 1040. The molecule has 3 aliphatic carbocycles. The molecule has 0 radical (unpaired) electrons. The lowest BCUT2D eigenvalue weighted by Gasteiger charge is -2.58. The largest absolute Gasteiger partial charge is 0.493 e. The molecule has 3 heterocycles. The standard InChI is InChI=1S/C25H27NO4/c1-28-21-11-16(15-6-9-29-13-15)17-10-19-18-4-5-20(27)24-25(18,22(17)23(21)30-24)7-8-26(19)12-14-2-3-14/h6,9,11,13-14,18-19,24H,2-5,7-8,10,12H2,1H3/t18?,19?,24-,25-/m1/s1. The van der Waals surface area contributed by atoms with Crippen LogP contribution in [0.5, 0.6) is 11.5 Å². The molecular formula is C25H27NO4. The van der Waals surface area contributed by atoms with Crippen LogP contribution in [0.15, 0.2) is 29.1 Å². The van der Waals surface area contributed by atoms with Crippen LogP contribution in [0.25, 0.3) is 11.1 Å². The summed E-state index contributed by atoms with van der Waals surface area (Å²) in [4.78, 5) is 15.9. The Labute approximate surface area is 176 Å². The number of piperidine rings is 1. The SMILES string of the molecule is COc1cc(-c2ccoc2)c2c3c1O[C@@H]1C(=O)CCC4C(C2)N(CC2CC2)CC[C@]341. The highest BCUT2D eigenvalue weighted by molar-refractivity contribution is 5.90. The van der Waals surface area contributed by atoms with Crippen LogP contribution in [0, 0.1) is 11.8 Å². The number of ketones is 1. The van der Waals surface area contributed by atoms with Crippen molar-refractivity contribution in [1.29, 1.82) is 0 Å². The third-order valence-corrected chi connectivity index (χ3v) is 8.58. The van der Waals surface area contributed by atoms with Gasteiger partial charge in [0.1, 0.15) is 0 Å². The first-order valence-corrected chi connectivity index (χ1v) is 11.4. The van der Waals surface area contributed by atoms with Gasteiger partial charge in [0, 0.05) is 35.5 Å². The molecule has 4 atom stereocenters. The zero-order valence-electron chi connectivity index (χ0n) is 17.4. The number of carbonyl (C=O) groups is 1. The van der Waals surface area contributed by atoms with Crippen LogP contribution < -0.4 is 9.47 Å². The fraction of sp³-hybridized carbons (Fsp3) is 0.560. The van der Waals surface area contributed by atoms with E-state index in [1.807, 2.05) is 12.3 Å². The molecule has 2 saturated carbocycles. The second-order valence-electron chi connectivity index (χ2n) is 9.93. The van der Waals surface area contributed by atoms with Gasteiger partial charge in [0.25, 0.3) is 0 Å². The van der Waals surface area contributed by atoms with Gasteiger partial charge >= 0.3 is 0 Å². The Morgan fingerprint density at radius 3 is 2.97 bits per heavy atom. The fourth-order valence-corrected chi connectivity index (χ4v) is 7.17. The summed E-state index contributed by atoms with van der Waals surface area (Å²) in [5, 5.41) is 0. The molecule has 1 spiro atoms. The van der Waals surface area contributed by atoms with Crippen molar-refractivity contribution in [3.63, 3.8) is 0 Å². The van der Waals surface area contributed by atoms with E-state index in [1.54, 1.807) is 13.4 Å². The Hall–Kier alpha value is -2.27. The fourth-order valence-electron chi connectivity index (χ4n) is 7.17. The van der Waals surface area contributed by atoms with Crippen LogP contribution in [-0.4, -0.2) is 43.0 Å². The number of ether oxygens (including phenoxy) is 2. The number of methoxy groups -OCH3 is 1. The lowest BCUT2D eigenvalue weighted by molar-refractivity contribution is -0.138. The first kappa shape index (κ1) is 17.4. The predicted molar refractivity (Wildman–Crippen MR) is 111 cm³/mol. The van der Waals surface area contributed by atoms with Gasteiger partial charge < -0.3 is 13.9 Å². The van der Waals surface area contributed by atoms with Crippen LogP contribution in [0.3, 0.4) is 0 Å². The molecule has 0 N–H and O–H groups in total. The average Bonchev–Trinajstić information content (AvgIpc) is 3.27. The van der Waals surface area contributed by atoms with Gasteiger partial charge in [-0.15, -0.1) is 0 Å². The van der Waals surface area contributed by atoms with Crippen LogP contribution in [0.2, 0.25) is 0 Å². The number of nitrogens with zero attached hydrogens (tertiary/aromatic N) is 1. The summed E-state index contributed by atoms with van der Waals surface area (Å²) < 4.78 is 17.7. The topological polar surface area (TPSA) is 51.9 Å². The summed E-state index contributed by atoms with van der Waals surface area (Å²) in [6, 6.07) is 4.62. The normalized spacial score (nSPS) is 33.9. The third-order valence-electron chi connectivity index (χ3n) is 8.58. The van der Waals surface area contributed by atoms with E-state index in [1.165, 1.54) is 36.1 Å². The minimum Gasteiger partial charge on any atom is -0.493 e. The number of benzene rings is 1. The van der Waals surface area contributed by atoms with E-state index < -0.39 is 0 Å². The average molecular weight is 405 g/mol. The van der Waals surface area contributed by atoms with E-state index in [-0.39, 0.29) is 17.3 Å². The van der Waals surface area contributed by atoms with Crippen molar-refractivity contribution >= 4 is 5.78 Å². The smallest absolute Gasteiger partial charge is 0.174 e. The summed E-state index contributed by atoms with van der Waals surface area (Å²) in [5.74, 6) is 3.22. The Morgan fingerprint density at radius 1 is 1.30 bits per heavy atom. The lowest BCUT2D eigenvalue weighted by Crippen LogP contribution is -2.66. The second kappa shape index (κ2) is 5.91. The van der Waals surface area contributed by atoms with Crippen molar-refractivity contribution in [2.75, 3.05) is 20.2 Å². The first-order chi connectivity index (χ1) is 14.7. The van der Waals surface area contributed by atoms with Crippen molar-refractivity contribution in [1.82, 2.24) is 4.90 Å². The lowest BCUT2D eigenvalue weighted by atomic mass is 9.51. The van der Waals surface area contributed by atoms with Gasteiger partial charge in [-0.25, -0.2) is 0 Å². The van der Waals surface area contributed by atoms with Crippen molar-refractivity contribution in [3.05, 3.63) is 35.8 Å². The molecule has 2 bridgehead atoms. The summed E-state index contributed by atoms with van der Waals surface area (Å²) in [5.41, 5.74) is 4.71. The van der Waals surface area contributed by atoms with Crippen molar-refractivity contribution in [3.8, 4) is 22.6 Å². The van der Waals surface area contributed by atoms with Crippen LogP contribution in [0.1, 0.15) is 43.2 Å². The van der Waals surface area contributed by atoms with Crippen LogP contribution in [-0.2, 0) is 16.6 Å². The molecule has 1 aromatic carbocycles. The third kappa shape index (κ3) is 2.09. The maximum absolute atomic E-state index is 13.1.